The van der Waals surface area contributed by atoms with Gasteiger partial charge in [0.25, 0.3) is 5.56 Å². The van der Waals surface area contributed by atoms with E-state index in [1.807, 2.05) is 0 Å². The highest BCUT2D eigenvalue weighted by Gasteiger charge is 2.24. The number of rotatable bonds is 6. The lowest BCUT2D eigenvalue weighted by atomic mass is 10.1. The van der Waals surface area contributed by atoms with Gasteiger partial charge < -0.3 is 20.0 Å². The molecule has 0 spiro atoms. The topological polar surface area (TPSA) is 152 Å². The van der Waals surface area contributed by atoms with Crippen LogP contribution in [0.4, 0.5) is 5.69 Å². The predicted molar refractivity (Wildman–Crippen MR) is 119 cm³/mol. The Labute approximate surface area is 186 Å². The van der Waals surface area contributed by atoms with Crippen LogP contribution >= 0.6 is 0 Å². The van der Waals surface area contributed by atoms with Crippen LogP contribution in [0.25, 0.3) is 16.7 Å². The minimum Gasteiger partial charge on any atom is -0.465 e. The Morgan fingerprint density at radius 3 is 2.70 bits per heavy atom. The van der Waals surface area contributed by atoms with E-state index in [4.69, 9.17) is 4.74 Å². The number of aromatic amines is 2. The van der Waals surface area contributed by atoms with Gasteiger partial charge in [-0.15, -0.1) is 0 Å². The van der Waals surface area contributed by atoms with Crippen molar-refractivity contribution in [2.24, 2.45) is 0 Å². The molecule has 11 heteroatoms. The maximum absolute atomic E-state index is 12.9. The molecule has 0 aliphatic carbocycles. The molecular formula is C22H20N6O5. The fourth-order valence-corrected chi connectivity index (χ4v) is 3.67. The van der Waals surface area contributed by atoms with E-state index >= 15 is 0 Å². The Morgan fingerprint density at radius 1 is 1.21 bits per heavy atom. The second-order valence-electron chi connectivity index (χ2n) is 7.29. The molecule has 3 N–H and O–H groups in total. The second kappa shape index (κ2) is 8.54. The third kappa shape index (κ3) is 3.91. The van der Waals surface area contributed by atoms with E-state index in [9.17, 15) is 19.2 Å². The number of benzene rings is 1. The molecule has 0 aliphatic rings. The SMILES string of the molecule is COC(=O)c1c(CC(=O)Nc2ccccc2-n2ncc3c(=O)[nH]cnc32)[nH]c(C(C)=O)c1C. The normalized spacial score (nSPS) is 10.9. The van der Waals surface area contributed by atoms with Gasteiger partial charge in [-0.3, -0.25) is 14.4 Å². The number of ether oxygens (including phenoxy) is 1. The number of esters is 1. The molecule has 3 heterocycles. The van der Waals surface area contributed by atoms with E-state index in [2.05, 4.69) is 25.4 Å². The Hall–Kier alpha value is -4.54. The number of carbonyl (C=O) groups excluding carboxylic acids is 3. The Kier molecular flexibility index (Phi) is 5.61. The van der Waals surface area contributed by atoms with Crippen molar-refractivity contribution in [3.05, 3.63) is 69.7 Å². The molecule has 3 aromatic heterocycles. The van der Waals surface area contributed by atoms with Crippen LogP contribution in [0.5, 0.6) is 0 Å². The van der Waals surface area contributed by atoms with Crippen LogP contribution in [0.2, 0.25) is 0 Å². The summed E-state index contributed by atoms with van der Waals surface area (Å²) in [5.41, 5.74) is 2.04. The zero-order valence-electron chi connectivity index (χ0n) is 18.1. The van der Waals surface area contributed by atoms with E-state index in [-0.39, 0.29) is 34.7 Å². The van der Waals surface area contributed by atoms with E-state index in [0.717, 1.165) is 0 Å². The molecule has 4 rings (SSSR count). The molecule has 0 fully saturated rings. The average molecular weight is 448 g/mol. The Bertz CT molecular complexity index is 1460. The minimum atomic E-state index is -0.640. The van der Waals surface area contributed by atoms with E-state index in [0.29, 0.717) is 28.0 Å². The molecule has 0 atom stereocenters. The quantitative estimate of drug-likeness (QED) is 0.301. The van der Waals surface area contributed by atoms with Crippen LogP contribution < -0.4 is 10.9 Å². The minimum absolute atomic E-state index is 0.160. The number of H-pyrrole nitrogens is 2. The fraction of sp³-hybridized carbons (Fsp3) is 0.182. The lowest BCUT2D eigenvalue weighted by molar-refractivity contribution is -0.115. The average Bonchev–Trinajstić information content (AvgIpc) is 3.36. The zero-order chi connectivity index (χ0) is 23.7. The molecule has 0 unspecified atom stereocenters. The highest BCUT2D eigenvalue weighted by Crippen LogP contribution is 2.24. The summed E-state index contributed by atoms with van der Waals surface area (Å²) in [5, 5.41) is 7.34. The largest absolute Gasteiger partial charge is 0.465 e. The summed E-state index contributed by atoms with van der Waals surface area (Å²) in [6, 6.07) is 6.89. The summed E-state index contributed by atoms with van der Waals surface area (Å²) in [7, 11) is 1.23. The van der Waals surface area contributed by atoms with Crippen LogP contribution in [0.1, 0.15) is 39.0 Å². The van der Waals surface area contributed by atoms with Gasteiger partial charge in [-0.25, -0.2) is 14.5 Å². The standard InChI is InChI=1S/C22H20N6O5/c1-11-18(22(32)33-3)15(27-19(11)12(2)29)8-17(30)26-14-6-4-5-7-16(14)28-20-13(9-25-28)21(31)24-10-23-20/h4-7,9-10,27H,8H2,1-3H3,(H,26,30)(H,23,24,31). The number of methoxy groups -OCH3 is 1. The van der Waals surface area contributed by atoms with Gasteiger partial charge in [-0.2, -0.15) is 5.10 Å². The number of fused-ring (bicyclic) bond motifs is 1. The number of ketones is 1. The molecule has 0 bridgehead atoms. The molecule has 1 amide bonds. The van der Waals surface area contributed by atoms with Gasteiger partial charge in [0.1, 0.15) is 5.39 Å². The maximum Gasteiger partial charge on any atom is 0.339 e. The monoisotopic (exact) mass is 448 g/mol. The van der Waals surface area contributed by atoms with Crippen molar-refractivity contribution in [2.75, 3.05) is 12.4 Å². The summed E-state index contributed by atoms with van der Waals surface area (Å²) in [4.78, 5) is 58.6. The van der Waals surface area contributed by atoms with Gasteiger partial charge >= 0.3 is 5.97 Å². The van der Waals surface area contributed by atoms with Crippen molar-refractivity contribution < 1.29 is 19.1 Å². The number of carbonyl (C=O) groups is 3. The highest BCUT2D eigenvalue weighted by atomic mass is 16.5. The van der Waals surface area contributed by atoms with Gasteiger partial charge in [0.2, 0.25) is 5.91 Å². The first kappa shape index (κ1) is 21.7. The number of nitrogens with zero attached hydrogens (tertiary/aromatic N) is 3. The van der Waals surface area contributed by atoms with Crippen LogP contribution in [-0.4, -0.2) is 49.5 Å². The van der Waals surface area contributed by atoms with Crippen molar-refractivity contribution in [1.29, 1.82) is 0 Å². The molecule has 11 nitrogen and oxygen atoms in total. The molecular weight excluding hydrogens is 428 g/mol. The number of Topliss-reactive ketones (excluding diaryl/α,β-unsaturated/α-hetero) is 1. The molecule has 1 aromatic carbocycles. The first-order chi connectivity index (χ1) is 15.8. The summed E-state index contributed by atoms with van der Waals surface area (Å²) in [6.07, 6.45) is 2.47. The molecule has 33 heavy (non-hydrogen) atoms. The number of aromatic nitrogens is 5. The third-order valence-electron chi connectivity index (χ3n) is 5.18. The van der Waals surface area contributed by atoms with Crippen LogP contribution in [0, 0.1) is 6.92 Å². The van der Waals surface area contributed by atoms with Gasteiger partial charge in [0.05, 0.1) is 48.7 Å². The Balaban J connectivity index is 1.67. The van der Waals surface area contributed by atoms with Crippen molar-refractivity contribution in [1.82, 2.24) is 24.7 Å². The first-order valence-electron chi connectivity index (χ1n) is 9.93. The van der Waals surface area contributed by atoms with Crippen molar-refractivity contribution in [3.63, 3.8) is 0 Å². The fourth-order valence-electron chi connectivity index (χ4n) is 3.67. The zero-order valence-corrected chi connectivity index (χ0v) is 18.1. The summed E-state index contributed by atoms with van der Waals surface area (Å²) < 4.78 is 6.27. The number of anilines is 1. The number of nitrogens with one attached hydrogen (secondary N) is 3. The number of amides is 1. The maximum atomic E-state index is 12.9. The Morgan fingerprint density at radius 2 is 1.97 bits per heavy atom. The summed E-state index contributed by atoms with van der Waals surface area (Å²) in [6.45, 7) is 2.99. The van der Waals surface area contributed by atoms with E-state index < -0.39 is 11.9 Å². The smallest absolute Gasteiger partial charge is 0.339 e. The van der Waals surface area contributed by atoms with Gasteiger partial charge in [-0.1, -0.05) is 12.1 Å². The summed E-state index contributed by atoms with van der Waals surface area (Å²) >= 11 is 0. The predicted octanol–water partition coefficient (Wildman–Crippen LogP) is 1.92. The number of para-hydroxylation sites is 2. The molecule has 4 aromatic rings. The van der Waals surface area contributed by atoms with Crippen molar-refractivity contribution >= 4 is 34.4 Å². The van der Waals surface area contributed by atoms with Crippen molar-refractivity contribution in [2.45, 2.75) is 20.3 Å². The molecule has 0 aliphatic heterocycles. The molecule has 0 saturated heterocycles. The molecule has 0 radical (unpaired) electrons. The number of hydrogen-bond donors (Lipinski definition) is 3. The van der Waals surface area contributed by atoms with Gasteiger partial charge in [0, 0.05) is 12.6 Å². The van der Waals surface area contributed by atoms with E-state index in [1.54, 1.807) is 31.2 Å². The van der Waals surface area contributed by atoms with Crippen molar-refractivity contribution in [3.8, 4) is 5.69 Å². The first-order valence-corrected chi connectivity index (χ1v) is 9.93. The molecule has 168 valence electrons. The van der Waals surface area contributed by atoms with Crippen LogP contribution in [-0.2, 0) is 16.0 Å². The lowest BCUT2D eigenvalue weighted by Crippen LogP contribution is -2.18. The third-order valence-corrected chi connectivity index (χ3v) is 5.18. The van der Waals surface area contributed by atoms with E-state index in [1.165, 1.54) is 31.2 Å². The van der Waals surface area contributed by atoms with Gasteiger partial charge in [-0.05, 0) is 24.6 Å². The van der Waals surface area contributed by atoms with Crippen LogP contribution in [0.3, 0.4) is 0 Å². The second-order valence-corrected chi connectivity index (χ2v) is 7.29. The van der Waals surface area contributed by atoms with Crippen LogP contribution in [0.15, 0.2) is 41.6 Å². The summed E-state index contributed by atoms with van der Waals surface area (Å²) in [5.74, 6) is -1.34. The lowest BCUT2D eigenvalue weighted by Gasteiger charge is -2.12. The highest BCUT2D eigenvalue weighted by molar-refractivity contribution is 6.02. The molecule has 0 saturated carbocycles. The number of hydrogen-bond acceptors (Lipinski definition) is 7. The van der Waals surface area contributed by atoms with Gasteiger partial charge in [0.15, 0.2) is 11.4 Å².